The summed E-state index contributed by atoms with van der Waals surface area (Å²) < 4.78 is 0. The number of nitrogens with zero attached hydrogens (tertiary/aromatic N) is 1. The van der Waals surface area contributed by atoms with Crippen molar-refractivity contribution in [2.75, 3.05) is 0 Å². The largest absolute Gasteiger partial charge is 0.292 e. The lowest BCUT2D eigenvalue weighted by Crippen LogP contribution is -2.16. The summed E-state index contributed by atoms with van der Waals surface area (Å²) in [7, 11) is 0. The summed E-state index contributed by atoms with van der Waals surface area (Å²) in [6, 6.07) is 10.1. The number of thiazole rings is 1. The van der Waals surface area contributed by atoms with Gasteiger partial charge in [0.2, 0.25) is 0 Å². The summed E-state index contributed by atoms with van der Waals surface area (Å²) in [5.41, 5.74) is 1.77. The van der Waals surface area contributed by atoms with E-state index in [1.165, 1.54) is 32.1 Å². The maximum atomic E-state index is 12.7. The highest BCUT2D eigenvalue weighted by molar-refractivity contribution is 7.13. The van der Waals surface area contributed by atoms with Crippen LogP contribution in [-0.2, 0) is 0 Å². The average Bonchev–Trinajstić information content (AvgIpc) is 2.97. The van der Waals surface area contributed by atoms with Crippen LogP contribution < -0.4 is 0 Å². The van der Waals surface area contributed by atoms with E-state index in [-0.39, 0.29) is 11.7 Å². The van der Waals surface area contributed by atoms with Crippen molar-refractivity contribution in [3.63, 3.8) is 0 Å². The number of hydrogen-bond acceptors (Lipinski definition) is 3. The van der Waals surface area contributed by atoms with Crippen molar-refractivity contribution in [1.29, 1.82) is 0 Å². The number of aromatic nitrogens is 1. The van der Waals surface area contributed by atoms with Gasteiger partial charge >= 0.3 is 0 Å². The average molecular weight is 299 g/mol. The fraction of sp³-hybridized carbons (Fsp3) is 0.444. The van der Waals surface area contributed by atoms with E-state index < -0.39 is 0 Å². The van der Waals surface area contributed by atoms with E-state index in [1.807, 2.05) is 35.7 Å². The number of hydrogen-bond donors (Lipinski definition) is 0. The third-order valence-electron chi connectivity index (χ3n) is 4.25. The van der Waals surface area contributed by atoms with Crippen molar-refractivity contribution < 1.29 is 4.79 Å². The number of benzene rings is 1. The van der Waals surface area contributed by atoms with Gasteiger partial charge in [-0.05, 0) is 12.8 Å². The van der Waals surface area contributed by atoms with Gasteiger partial charge in [-0.3, -0.25) is 4.79 Å². The second kappa shape index (κ2) is 6.99. The van der Waals surface area contributed by atoms with Gasteiger partial charge in [-0.1, -0.05) is 62.4 Å². The van der Waals surface area contributed by atoms with Crippen LogP contribution in [0.25, 0.3) is 10.6 Å². The van der Waals surface area contributed by atoms with Gasteiger partial charge < -0.3 is 0 Å². The first-order chi connectivity index (χ1) is 10.3. The van der Waals surface area contributed by atoms with Gasteiger partial charge in [0.05, 0.1) is 0 Å². The van der Waals surface area contributed by atoms with E-state index in [0.29, 0.717) is 5.69 Å². The first kappa shape index (κ1) is 14.5. The van der Waals surface area contributed by atoms with E-state index in [0.717, 1.165) is 23.4 Å². The molecule has 1 aliphatic rings. The summed E-state index contributed by atoms with van der Waals surface area (Å²) in [4.78, 5) is 17.2. The Morgan fingerprint density at radius 2 is 1.67 bits per heavy atom. The lowest BCUT2D eigenvalue weighted by molar-refractivity contribution is 0.0894. The van der Waals surface area contributed by atoms with Crippen molar-refractivity contribution >= 4 is 17.1 Å². The summed E-state index contributed by atoms with van der Waals surface area (Å²) in [6.45, 7) is 0. The second-order valence-electron chi connectivity index (χ2n) is 5.81. The molecule has 2 nitrogen and oxygen atoms in total. The van der Waals surface area contributed by atoms with Gasteiger partial charge in [0.15, 0.2) is 5.78 Å². The molecular formula is C18H21NOS. The topological polar surface area (TPSA) is 30.0 Å². The number of Topliss-reactive ketones (excluding diaryl/α,β-unsaturated/α-hetero) is 1. The standard InChI is InChI=1S/C18H21NOS/c20-17(14-9-5-2-1-3-6-10-14)16-13-21-18(19-16)15-11-7-4-8-12-15/h4,7-8,11-14H,1-3,5-6,9-10H2. The van der Waals surface area contributed by atoms with Crippen LogP contribution in [0, 0.1) is 5.92 Å². The number of carbonyl (C=O) groups is 1. The fourth-order valence-electron chi connectivity index (χ4n) is 3.03. The molecule has 3 heteroatoms. The normalized spacial score (nSPS) is 17.1. The molecule has 3 rings (SSSR count). The number of carbonyl (C=O) groups excluding carboxylic acids is 1. The van der Waals surface area contributed by atoms with Crippen molar-refractivity contribution in [2.45, 2.75) is 44.9 Å². The third-order valence-corrected chi connectivity index (χ3v) is 5.14. The Labute approximate surface area is 130 Å². The van der Waals surface area contributed by atoms with E-state index in [9.17, 15) is 4.79 Å². The van der Waals surface area contributed by atoms with E-state index in [4.69, 9.17) is 0 Å². The molecule has 0 radical (unpaired) electrons. The van der Waals surface area contributed by atoms with E-state index >= 15 is 0 Å². The van der Waals surface area contributed by atoms with Gasteiger partial charge in [0.1, 0.15) is 10.7 Å². The molecule has 1 aromatic carbocycles. The molecule has 1 fully saturated rings. The van der Waals surface area contributed by atoms with Gasteiger partial charge in [-0.15, -0.1) is 11.3 Å². The van der Waals surface area contributed by atoms with Crippen LogP contribution in [-0.4, -0.2) is 10.8 Å². The molecule has 2 aromatic rings. The molecule has 0 spiro atoms. The highest BCUT2D eigenvalue weighted by Gasteiger charge is 2.23. The fourth-order valence-corrected chi connectivity index (χ4v) is 3.84. The Bertz CT molecular complexity index is 582. The lowest BCUT2D eigenvalue weighted by atomic mass is 9.87. The minimum atomic E-state index is 0.191. The highest BCUT2D eigenvalue weighted by atomic mass is 32.1. The minimum Gasteiger partial charge on any atom is -0.292 e. The Morgan fingerprint density at radius 1 is 1.00 bits per heavy atom. The van der Waals surface area contributed by atoms with Crippen LogP contribution in [0.5, 0.6) is 0 Å². The Morgan fingerprint density at radius 3 is 2.38 bits per heavy atom. The molecule has 0 atom stereocenters. The van der Waals surface area contributed by atoms with E-state index in [2.05, 4.69) is 4.98 Å². The zero-order chi connectivity index (χ0) is 14.5. The van der Waals surface area contributed by atoms with Crippen LogP contribution in [0.3, 0.4) is 0 Å². The van der Waals surface area contributed by atoms with Crippen molar-refractivity contribution in [2.24, 2.45) is 5.92 Å². The van der Waals surface area contributed by atoms with Gasteiger partial charge in [0, 0.05) is 16.9 Å². The van der Waals surface area contributed by atoms with Crippen LogP contribution in [0.15, 0.2) is 35.7 Å². The first-order valence-corrected chi connectivity index (χ1v) is 8.78. The highest BCUT2D eigenvalue weighted by Crippen LogP contribution is 2.28. The molecular weight excluding hydrogens is 278 g/mol. The van der Waals surface area contributed by atoms with Gasteiger partial charge in [0.25, 0.3) is 0 Å². The number of rotatable bonds is 3. The molecule has 1 heterocycles. The first-order valence-electron chi connectivity index (χ1n) is 7.90. The Balaban J connectivity index is 1.74. The molecule has 0 unspecified atom stereocenters. The molecule has 0 aliphatic heterocycles. The third kappa shape index (κ3) is 3.59. The molecule has 0 N–H and O–H groups in total. The maximum Gasteiger partial charge on any atom is 0.185 e. The predicted octanol–water partition coefficient (Wildman–Crippen LogP) is 5.35. The molecule has 1 saturated carbocycles. The smallest absolute Gasteiger partial charge is 0.185 e. The van der Waals surface area contributed by atoms with Crippen LogP contribution in [0.4, 0.5) is 0 Å². The van der Waals surface area contributed by atoms with Gasteiger partial charge in [-0.2, -0.15) is 0 Å². The Kier molecular flexibility index (Phi) is 4.81. The molecule has 0 amide bonds. The van der Waals surface area contributed by atoms with Crippen LogP contribution in [0.1, 0.15) is 55.4 Å². The van der Waals surface area contributed by atoms with Crippen LogP contribution >= 0.6 is 11.3 Å². The molecule has 21 heavy (non-hydrogen) atoms. The monoisotopic (exact) mass is 299 g/mol. The summed E-state index contributed by atoms with van der Waals surface area (Å²) >= 11 is 1.57. The summed E-state index contributed by atoms with van der Waals surface area (Å²) in [6.07, 6.45) is 8.33. The second-order valence-corrected chi connectivity index (χ2v) is 6.67. The summed E-state index contributed by atoms with van der Waals surface area (Å²) in [5.74, 6) is 0.450. The van der Waals surface area contributed by atoms with Crippen LogP contribution in [0.2, 0.25) is 0 Å². The predicted molar refractivity (Wildman–Crippen MR) is 87.7 cm³/mol. The zero-order valence-corrected chi connectivity index (χ0v) is 13.1. The number of ketones is 1. The van der Waals surface area contributed by atoms with Crippen molar-refractivity contribution in [1.82, 2.24) is 4.98 Å². The minimum absolute atomic E-state index is 0.191. The quantitative estimate of drug-likeness (QED) is 0.715. The molecule has 0 saturated heterocycles. The molecule has 110 valence electrons. The van der Waals surface area contributed by atoms with E-state index in [1.54, 1.807) is 11.3 Å². The molecule has 0 bridgehead atoms. The molecule has 1 aliphatic carbocycles. The lowest BCUT2D eigenvalue weighted by Gasteiger charge is -2.17. The summed E-state index contributed by atoms with van der Waals surface area (Å²) in [5, 5.41) is 2.88. The zero-order valence-electron chi connectivity index (χ0n) is 12.3. The Hall–Kier alpha value is -1.48. The molecule has 1 aromatic heterocycles. The SMILES string of the molecule is O=C(c1csc(-c2ccccc2)n1)C1CCCCCCC1. The maximum absolute atomic E-state index is 12.7. The van der Waals surface area contributed by atoms with Crippen molar-refractivity contribution in [3.05, 3.63) is 41.4 Å². The van der Waals surface area contributed by atoms with Crippen molar-refractivity contribution in [3.8, 4) is 10.6 Å². The van der Waals surface area contributed by atoms with Gasteiger partial charge in [-0.25, -0.2) is 4.98 Å².